The number of ether oxygens (including phenoxy) is 2. The lowest BCUT2D eigenvalue weighted by Gasteiger charge is -2.38. The van der Waals surface area contributed by atoms with E-state index in [1.165, 1.54) is 27.8 Å². The molecule has 172 valence electrons. The SMILES string of the molecule is CC(C)Cc1ccc([C@@H](C)[C@@H]2c3cc4c(cc3CC[NH+]2Cc2ccc(Cl)cc2)OCO4)cc1. The van der Waals surface area contributed by atoms with Gasteiger partial charge in [-0.1, -0.05) is 68.8 Å². The highest BCUT2D eigenvalue weighted by Crippen LogP contribution is 2.41. The molecule has 1 unspecified atom stereocenters. The van der Waals surface area contributed by atoms with E-state index in [0.717, 1.165) is 42.5 Å². The van der Waals surface area contributed by atoms with Crippen LogP contribution in [-0.4, -0.2) is 13.3 Å². The molecule has 0 saturated carbocycles. The van der Waals surface area contributed by atoms with E-state index in [1.807, 2.05) is 12.1 Å². The van der Waals surface area contributed by atoms with Crippen LogP contribution in [0, 0.1) is 5.92 Å². The Labute approximate surface area is 202 Å². The summed E-state index contributed by atoms with van der Waals surface area (Å²) in [7, 11) is 0. The lowest BCUT2D eigenvalue weighted by molar-refractivity contribution is -0.949. The number of halogens is 1. The quantitative estimate of drug-likeness (QED) is 0.503. The Hall–Kier alpha value is -2.49. The van der Waals surface area contributed by atoms with Crippen LogP contribution in [0.15, 0.2) is 60.7 Å². The lowest BCUT2D eigenvalue weighted by Crippen LogP contribution is -3.12. The number of hydrogen-bond acceptors (Lipinski definition) is 2. The summed E-state index contributed by atoms with van der Waals surface area (Å²) in [5.41, 5.74) is 6.93. The zero-order chi connectivity index (χ0) is 22.9. The van der Waals surface area contributed by atoms with Crippen LogP contribution in [0.25, 0.3) is 0 Å². The van der Waals surface area contributed by atoms with Gasteiger partial charge in [-0.3, -0.25) is 0 Å². The molecule has 2 heterocycles. The molecule has 33 heavy (non-hydrogen) atoms. The Morgan fingerprint density at radius 1 is 0.909 bits per heavy atom. The highest BCUT2D eigenvalue weighted by Gasteiger charge is 2.37. The minimum Gasteiger partial charge on any atom is -0.454 e. The van der Waals surface area contributed by atoms with Crippen molar-refractivity contribution in [1.29, 1.82) is 0 Å². The average Bonchev–Trinajstić information content (AvgIpc) is 3.26. The van der Waals surface area contributed by atoms with Gasteiger partial charge in [0.25, 0.3) is 0 Å². The second-order valence-corrected chi connectivity index (χ2v) is 10.4. The first-order valence-electron chi connectivity index (χ1n) is 12.1. The fraction of sp³-hybridized carbons (Fsp3) is 0.379. The zero-order valence-corrected chi connectivity index (χ0v) is 20.5. The molecule has 3 aromatic rings. The van der Waals surface area contributed by atoms with Crippen molar-refractivity contribution in [1.82, 2.24) is 0 Å². The molecule has 5 rings (SSSR count). The maximum atomic E-state index is 6.15. The summed E-state index contributed by atoms with van der Waals surface area (Å²) in [6, 6.07) is 22.4. The number of fused-ring (bicyclic) bond motifs is 2. The Morgan fingerprint density at radius 2 is 1.58 bits per heavy atom. The zero-order valence-electron chi connectivity index (χ0n) is 19.7. The first-order chi connectivity index (χ1) is 16.0. The summed E-state index contributed by atoms with van der Waals surface area (Å²) in [5.74, 6) is 2.81. The second-order valence-electron chi connectivity index (χ2n) is 9.97. The minimum atomic E-state index is 0.317. The van der Waals surface area contributed by atoms with Gasteiger partial charge in [0.1, 0.15) is 12.6 Å². The molecule has 3 atom stereocenters. The Balaban J connectivity index is 1.49. The van der Waals surface area contributed by atoms with Gasteiger partial charge in [0.05, 0.1) is 6.54 Å². The van der Waals surface area contributed by atoms with Gasteiger partial charge in [-0.05, 0) is 53.3 Å². The van der Waals surface area contributed by atoms with E-state index in [-0.39, 0.29) is 0 Å². The van der Waals surface area contributed by atoms with Crippen molar-refractivity contribution in [3.05, 3.63) is 93.5 Å². The molecule has 0 amide bonds. The third-order valence-corrected chi connectivity index (χ3v) is 7.37. The summed E-state index contributed by atoms with van der Waals surface area (Å²) in [4.78, 5) is 1.59. The molecule has 0 aliphatic carbocycles. The van der Waals surface area contributed by atoms with Crippen molar-refractivity contribution in [2.75, 3.05) is 13.3 Å². The van der Waals surface area contributed by atoms with Crippen molar-refractivity contribution in [3.63, 3.8) is 0 Å². The van der Waals surface area contributed by atoms with Crippen molar-refractivity contribution in [2.24, 2.45) is 5.92 Å². The van der Waals surface area contributed by atoms with Gasteiger partial charge in [0, 0.05) is 28.5 Å². The molecule has 4 heteroatoms. The molecule has 0 aromatic heterocycles. The maximum absolute atomic E-state index is 6.15. The Bertz CT molecular complexity index is 1110. The Morgan fingerprint density at radius 3 is 2.27 bits per heavy atom. The van der Waals surface area contributed by atoms with Crippen molar-refractivity contribution in [3.8, 4) is 11.5 Å². The van der Waals surface area contributed by atoms with Crippen molar-refractivity contribution in [2.45, 2.75) is 52.1 Å². The van der Waals surface area contributed by atoms with Gasteiger partial charge < -0.3 is 14.4 Å². The van der Waals surface area contributed by atoms with Crippen molar-refractivity contribution < 1.29 is 14.4 Å². The van der Waals surface area contributed by atoms with Crippen LogP contribution in [0.1, 0.15) is 60.5 Å². The smallest absolute Gasteiger partial charge is 0.231 e. The number of hydrogen-bond donors (Lipinski definition) is 1. The highest BCUT2D eigenvalue weighted by atomic mass is 35.5. The van der Waals surface area contributed by atoms with Crippen LogP contribution in [0.5, 0.6) is 11.5 Å². The number of nitrogens with one attached hydrogen (secondary N) is 1. The van der Waals surface area contributed by atoms with Gasteiger partial charge >= 0.3 is 0 Å². The molecule has 3 nitrogen and oxygen atoms in total. The predicted octanol–water partition coefficient (Wildman–Crippen LogP) is 5.75. The van der Waals surface area contributed by atoms with E-state index in [2.05, 4.69) is 69.3 Å². The first kappa shape index (κ1) is 22.3. The average molecular weight is 463 g/mol. The normalized spacial score (nSPS) is 20.0. The summed E-state index contributed by atoms with van der Waals surface area (Å²) in [6.07, 6.45) is 2.17. The van der Waals surface area contributed by atoms with E-state index in [0.29, 0.717) is 24.7 Å². The molecule has 3 aromatic carbocycles. The summed E-state index contributed by atoms with van der Waals surface area (Å²) < 4.78 is 11.5. The first-order valence-corrected chi connectivity index (χ1v) is 12.5. The molecule has 1 N–H and O–H groups in total. The number of quaternary nitrogens is 1. The van der Waals surface area contributed by atoms with Crippen LogP contribution < -0.4 is 14.4 Å². The van der Waals surface area contributed by atoms with Gasteiger partial charge in [-0.15, -0.1) is 0 Å². The van der Waals surface area contributed by atoms with Crippen LogP contribution in [0.2, 0.25) is 5.02 Å². The van der Waals surface area contributed by atoms with E-state index in [1.54, 1.807) is 4.90 Å². The molecule has 0 saturated heterocycles. The van der Waals surface area contributed by atoms with Crippen LogP contribution in [-0.2, 0) is 19.4 Å². The number of rotatable bonds is 6. The molecule has 2 aliphatic rings. The predicted molar refractivity (Wildman–Crippen MR) is 133 cm³/mol. The molecule has 0 bridgehead atoms. The molecule has 0 radical (unpaired) electrons. The molecular weight excluding hydrogens is 430 g/mol. The lowest BCUT2D eigenvalue weighted by atomic mass is 9.81. The maximum Gasteiger partial charge on any atom is 0.231 e. The fourth-order valence-corrected chi connectivity index (χ4v) is 5.61. The largest absolute Gasteiger partial charge is 0.454 e. The molecule has 2 aliphatic heterocycles. The van der Waals surface area contributed by atoms with Gasteiger partial charge in [-0.2, -0.15) is 0 Å². The molecule has 0 spiro atoms. The number of benzene rings is 3. The monoisotopic (exact) mass is 462 g/mol. The van der Waals surface area contributed by atoms with E-state index < -0.39 is 0 Å². The molecule has 0 fully saturated rings. The summed E-state index contributed by atoms with van der Waals surface area (Å²) in [6.45, 7) is 9.32. The van der Waals surface area contributed by atoms with E-state index in [4.69, 9.17) is 21.1 Å². The Kier molecular flexibility index (Phi) is 6.36. The highest BCUT2D eigenvalue weighted by molar-refractivity contribution is 6.30. The van der Waals surface area contributed by atoms with Crippen LogP contribution >= 0.6 is 11.6 Å². The standard InChI is InChI=1S/C29H32ClNO2/c1-19(2)14-21-4-8-23(9-5-21)20(3)29-26-16-28-27(32-18-33-28)15-24(26)12-13-31(29)17-22-6-10-25(30)11-7-22/h4-11,15-16,19-20,29H,12-14,17-18H2,1-3H3/p+1/t20-,29-/m1/s1. The minimum absolute atomic E-state index is 0.317. The second kappa shape index (κ2) is 9.40. The third-order valence-electron chi connectivity index (χ3n) is 7.12. The van der Waals surface area contributed by atoms with E-state index >= 15 is 0 Å². The van der Waals surface area contributed by atoms with Crippen LogP contribution in [0.4, 0.5) is 0 Å². The van der Waals surface area contributed by atoms with Gasteiger partial charge in [0.2, 0.25) is 6.79 Å². The topological polar surface area (TPSA) is 22.9 Å². The van der Waals surface area contributed by atoms with Crippen LogP contribution in [0.3, 0.4) is 0 Å². The van der Waals surface area contributed by atoms with Crippen molar-refractivity contribution >= 4 is 11.6 Å². The van der Waals surface area contributed by atoms with Gasteiger partial charge in [0.15, 0.2) is 11.5 Å². The van der Waals surface area contributed by atoms with E-state index in [9.17, 15) is 0 Å². The molecular formula is C29H33ClNO2+. The van der Waals surface area contributed by atoms with Gasteiger partial charge in [-0.25, -0.2) is 0 Å². The summed E-state index contributed by atoms with van der Waals surface area (Å²) >= 11 is 6.15. The summed E-state index contributed by atoms with van der Waals surface area (Å²) in [5, 5.41) is 0.789. The fourth-order valence-electron chi connectivity index (χ4n) is 5.48. The third kappa shape index (κ3) is 4.76.